The first kappa shape index (κ1) is 19.8. The van der Waals surface area contributed by atoms with Crippen LogP contribution in [0.15, 0.2) is 72.8 Å². The van der Waals surface area contributed by atoms with Crippen molar-refractivity contribution >= 4 is 22.8 Å². The summed E-state index contributed by atoms with van der Waals surface area (Å²) in [4.78, 5) is 15.0. The molecule has 0 aromatic heterocycles. The maximum absolute atomic E-state index is 12.8. The van der Waals surface area contributed by atoms with Gasteiger partial charge in [0.05, 0.1) is 21.1 Å². The largest absolute Gasteiger partial charge is 0.324 e. The second kappa shape index (κ2) is 7.99. The van der Waals surface area contributed by atoms with Crippen molar-refractivity contribution in [2.24, 2.45) is 0 Å². The van der Waals surface area contributed by atoms with Gasteiger partial charge >= 0.3 is 0 Å². The average molecular weight is 374 g/mol. The molecule has 144 valence electrons. The summed E-state index contributed by atoms with van der Waals surface area (Å²) in [5, 5.41) is 0. The zero-order valence-corrected chi connectivity index (χ0v) is 17.4. The number of benzene rings is 3. The highest BCUT2D eigenvalue weighted by molar-refractivity contribution is 5.98. The summed E-state index contributed by atoms with van der Waals surface area (Å²) in [6.07, 6.45) is 0. The van der Waals surface area contributed by atoms with Gasteiger partial charge in [0.25, 0.3) is 0 Å². The number of quaternary nitrogens is 1. The van der Waals surface area contributed by atoms with Crippen LogP contribution in [-0.2, 0) is 0 Å². The summed E-state index contributed by atoms with van der Waals surface area (Å²) >= 11 is 0. The molecule has 3 aromatic carbocycles. The van der Waals surface area contributed by atoms with Gasteiger partial charge in [-0.05, 0) is 61.4 Å². The molecule has 3 nitrogen and oxygen atoms in total. The molecule has 0 aliphatic rings. The SMILES string of the molecule is Cc1cccc(N(c2cccc(C)c2)c2cccc(C(=O)C[N+](C)(C)C)c2)c1. The third kappa shape index (κ3) is 4.87. The van der Waals surface area contributed by atoms with Crippen LogP contribution in [-0.4, -0.2) is 38.0 Å². The van der Waals surface area contributed by atoms with Crippen LogP contribution >= 0.6 is 0 Å². The van der Waals surface area contributed by atoms with Crippen LogP contribution in [0.4, 0.5) is 17.1 Å². The minimum absolute atomic E-state index is 0.155. The average Bonchev–Trinajstić information content (AvgIpc) is 2.61. The molecule has 3 aromatic rings. The van der Waals surface area contributed by atoms with Gasteiger partial charge < -0.3 is 9.38 Å². The minimum atomic E-state index is 0.155. The Labute approximate surface area is 168 Å². The highest BCUT2D eigenvalue weighted by atomic mass is 16.1. The Morgan fingerprint density at radius 3 is 1.68 bits per heavy atom. The Morgan fingerprint density at radius 2 is 1.21 bits per heavy atom. The van der Waals surface area contributed by atoms with Crippen molar-refractivity contribution in [2.75, 3.05) is 32.6 Å². The first-order valence-corrected chi connectivity index (χ1v) is 9.60. The molecule has 0 saturated carbocycles. The van der Waals surface area contributed by atoms with E-state index in [2.05, 4.69) is 73.3 Å². The molecule has 0 N–H and O–H groups in total. The number of rotatable bonds is 6. The van der Waals surface area contributed by atoms with Crippen molar-refractivity contribution in [3.8, 4) is 0 Å². The summed E-state index contributed by atoms with van der Waals surface area (Å²) in [5.41, 5.74) is 6.31. The van der Waals surface area contributed by atoms with Crippen LogP contribution in [0.5, 0.6) is 0 Å². The molecule has 0 amide bonds. The lowest BCUT2D eigenvalue weighted by atomic mass is 10.1. The maximum atomic E-state index is 12.8. The lowest BCUT2D eigenvalue weighted by Crippen LogP contribution is -2.39. The van der Waals surface area contributed by atoms with Gasteiger partial charge in [-0.25, -0.2) is 0 Å². The van der Waals surface area contributed by atoms with Crippen molar-refractivity contribution in [3.63, 3.8) is 0 Å². The molecule has 0 aliphatic heterocycles. The smallest absolute Gasteiger partial charge is 0.216 e. The lowest BCUT2D eigenvalue weighted by molar-refractivity contribution is -0.861. The Bertz CT molecular complexity index is 940. The van der Waals surface area contributed by atoms with E-state index in [1.54, 1.807) is 0 Å². The quantitative estimate of drug-likeness (QED) is 0.410. The maximum Gasteiger partial charge on any atom is 0.216 e. The van der Waals surface area contributed by atoms with E-state index in [1.165, 1.54) is 11.1 Å². The number of anilines is 3. The fourth-order valence-corrected chi connectivity index (χ4v) is 3.32. The van der Waals surface area contributed by atoms with E-state index in [4.69, 9.17) is 0 Å². The second-order valence-electron chi connectivity index (χ2n) is 8.44. The van der Waals surface area contributed by atoms with E-state index in [0.29, 0.717) is 11.0 Å². The molecule has 0 fully saturated rings. The zero-order chi connectivity index (χ0) is 20.3. The van der Waals surface area contributed by atoms with Gasteiger partial charge in [-0.15, -0.1) is 0 Å². The molecule has 3 rings (SSSR count). The number of nitrogens with zero attached hydrogens (tertiary/aromatic N) is 2. The number of carbonyl (C=O) groups is 1. The predicted molar refractivity (Wildman–Crippen MR) is 118 cm³/mol. The van der Waals surface area contributed by atoms with Gasteiger partial charge in [-0.3, -0.25) is 4.79 Å². The van der Waals surface area contributed by atoms with E-state index in [-0.39, 0.29) is 5.78 Å². The summed E-state index contributed by atoms with van der Waals surface area (Å²) in [7, 11) is 6.11. The number of ketones is 1. The van der Waals surface area contributed by atoms with Crippen LogP contribution in [0, 0.1) is 13.8 Å². The van der Waals surface area contributed by atoms with Crippen molar-refractivity contribution in [3.05, 3.63) is 89.5 Å². The van der Waals surface area contributed by atoms with E-state index >= 15 is 0 Å². The van der Waals surface area contributed by atoms with Crippen molar-refractivity contribution in [1.29, 1.82) is 0 Å². The molecule has 0 unspecified atom stereocenters. The molecule has 0 bridgehead atoms. The predicted octanol–water partition coefficient (Wildman–Crippen LogP) is 5.66. The van der Waals surface area contributed by atoms with Gasteiger partial charge in [0.15, 0.2) is 0 Å². The minimum Gasteiger partial charge on any atom is -0.324 e. The monoisotopic (exact) mass is 373 g/mol. The van der Waals surface area contributed by atoms with Crippen molar-refractivity contribution < 1.29 is 9.28 Å². The third-order valence-corrected chi connectivity index (χ3v) is 4.56. The van der Waals surface area contributed by atoms with Crippen molar-refractivity contribution in [1.82, 2.24) is 0 Å². The molecule has 0 aliphatic carbocycles. The van der Waals surface area contributed by atoms with Crippen LogP contribution in [0.3, 0.4) is 0 Å². The van der Waals surface area contributed by atoms with Crippen LogP contribution < -0.4 is 4.90 Å². The topological polar surface area (TPSA) is 20.3 Å². The van der Waals surface area contributed by atoms with Gasteiger partial charge in [0.2, 0.25) is 5.78 Å². The van der Waals surface area contributed by atoms with Crippen LogP contribution in [0.1, 0.15) is 21.5 Å². The van der Waals surface area contributed by atoms with E-state index < -0.39 is 0 Å². The van der Waals surface area contributed by atoms with E-state index in [1.807, 2.05) is 39.3 Å². The summed E-state index contributed by atoms with van der Waals surface area (Å²) < 4.78 is 0.614. The molecule has 0 spiro atoms. The van der Waals surface area contributed by atoms with Crippen LogP contribution in [0.25, 0.3) is 0 Å². The number of carbonyl (C=O) groups excluding carboxylic acids is 1. The summed E-state index contributed by atoms with van der Waals surface area (Å²) in [6.45, 7) is 4.66. The first-order valence-electron chi connectivity index (χ1n) is 9.60. The molecule has 3 heteroatoms. The number of Topliss-reactive ketones (excluding diaryl/α,β-unsaturated/α-hetero) is 1. The van der Waals surface area contributed by atoms with Gasteiger partial charge in [-0.1, -0.05) is 36.4 Å². The Kier molecular flexibility index (Phi) is 5.66. The van der Waals surface area contributed by atoms with Crippen molar-refractivity contribution in [2.45, 2.75) is 13.8 Å². The molecule has 28 heavy (non-hydrogen) atoms. The Hall–Kier alpha value is -2.91. The molecular formula is C25H29N2O+. The summed E-state index contributed by atoms with van der Waals surface area (Å²) in [6, 6.07) is 24.8. The molecule has 0 atom stereocenters. The number of hydrogen-bond acceptors (Lipinski definition) is 2. The molecule has 0 heterocycles. The third-order valence-electron chi connectivity index (χ3n) is 4.56. The number of likely N-dealkylation sites (N-methyl/N-ethyl adjacent to an activating group) is 1. The first-order chi connectivity index (χ1) is 13.2. The van der Waals surface area contributed by atoms with E-state index in [0.717, 1.165) is 22.6 Å². The van der Waals surface area contributed by atoms with Crippen LogP contribution in [0.2, 0.25) is 0 Å². The normalized spacial score (nSPS) is 11.3. The lowest BCUT2D eigenvalue weighted by Gasteiger charge is -2.27. The van der Waals surface area contributed by atoms with Gasteiger partial charge in [0.1, 0.15) is 6.54 Å². The molecule has 0 radical (unpaired) electrons. The van der Waals surface area contributed by atoms with Gasteiger partial charge in [0, 0.05) is 22.6 Å². The zero-order valence-electron chi connectivity index (χ0n) is 17.4. The Balaban J connectivity index is 2.09. The second-order valence-corrected chi connectivity index (χ2v) is 8.44. The number of aryl methyl sites for hydroxylation is 2. The highest BCUT2D eigenvalue weighted by Gasteiger charge is 2.19. The van der Waals surface area contributed by atoms with E-state index in [9.17, 15) is 4.79 Å². The molecular weight excluding hydrogens is 344 g/mol. The standard InChI is InChI=1S/C25H29N2O/c1-19-9-6-12-22(15-19)26(23-13-7-10-20(2)16-23)24-14-8-11-21(17-24)25(28)18-27(3,4)5/h6-17H,18H2,1-5H3/q+1. The highest BCUT2D eigenvalue weighted by Crippen LogP contribution is 2.35. The Morgan fingerprint density at radius 1 is 0.750 bits per heavy atom. The summed E-state index contributed by atoms with van der Waals surface area (Å²) in [5.74, 6) is 0.155. The number of hydrogen-bond donors (Lipinski definition) is 0. The molecule has 0 saturated heterocycles. The fraction of sp³-hybridized carbons (Fsp3) is 0.240. The fourth-order valence-electron chi connectivity index (χ4n) is 3.32. The van der Waals surface area contributed by atoms with Gasteiger partial charge in [-0.2, -0.15) is 0 Å².